The van der Waals surface area contributed by atoms with E-state index >= 15 is 0 Å². The van der Waals surface area contributed by atoms with E-state index in [-0.39, 0.29) is 11.5 Å². The van der Waals surface area contributed by atoms with Crippen molar-refractivity contribution in [3.63, 3.8) is 0 Å². The maximum atomic E-state index is 12.1. The van der Waals surface area contributed by atoms with Crippen LogP contribution in [0.25, 0.3) is 22.0 Å². The van der Waals surface area contributed by atoms with E-state index in [4.69, 9.17) is 5.73 Å². The molecule has 0 fully saturated rings. The molecule has 3 aromatic rings. The van der Waals surface area contributed by atoms with Crippen molar-refractivity contribution in [1.82, 2.24) is 4.98 Å². The minimum atomic E-state index is -1.32. The molecular formula is C17H16N2O2S. The Labute approximate surface area is 130 Å². The standard InChI is InChI=1S/C17H16N2O2S/c18-16(20)11-22(21)10-15-17(12-6-2-1-3-7-12)13-8-4-5-9-14(13)19-15/h1-9,19H,10-11H2,(H2,18,20). The predicted octanol–water partition coefficient (Wildman–Crippen LogP) is 2.57. The summed E-state index contributed by atoms with van der Waals surface area (Å²) in [5.41, 5.74) is 9.09. The molecule has 1 aromatic heterocycles. The molecule has 1 atom stereocenters. The molecule has 4 nitrogen and oxygen atoms in total. The third kappa shape index (κ3) is 2.94. The number of H-pyrrole nitrogens is 1. The number of fused-ring (bicyclic) bond motifs is 1. The first-order valence-corrected chi connectivity index (χ1v) is 8.42. The summed E-state index contributed by atoms with van der Waals surface area (Å²) in [5, 5.41) is 1.08. The maximum Gasteiger partial charge on any atom is 0.230 e. The molecule has 0 saturated heterocycles. The van der Waals surface area contributed by atoms with Crippen LogP contribution in [0.2, 0.25) is 0 Å². The molecule has 1 unspecified atom stereocenters. The molecule has 0 aliphatic heterocycles. The van der Waals surface area contributed by atoms with Gasteiger partial charge in [0.1, 0.15) is 5.75 Å². The molecule has 0 spiro atoms. The number of hydrogen-bond acceptors (Lipinski definition) is 2. The minimum absolute atomic E-state index is 0.121. The summed E-state index contributed by atoms with van der Waals surface area (Å²) in [5.74, 6) is -0.387. The van der Waals surface area contributed by atoms with Gasteiger partial charge in [0.05, 0.1) is 5.75 Å². The van der Waals surface area contributed by atoms with E-state index in [0.717, 1.165) is 27.7 Å². The number of para-hydroxylation sites is 1. The largest absolute Gasteiger partial charge is 0.369 e. The number of aromatic amines is 1. The molecule has 0 radical (unpaired) electrons. The molecule has 3 rings (SSSR count). The Morgan fingerprint density at radius 3 is 2.45 bits per heavy atom. The molecule has 0 saturated carbocycles. The van der Waals surface area contributed by atoms with Crippen LogP contribution in [0, 0.1) is 0 Å². The van der Waals surface area contributed by atoms with Crippen molar-refractivity contribution in [2.75, 3.05) is 5.75 Å². The van der Waals surface area contributed by atoms with Crippen molar-refractivity contribution in [2.24, 2.45) is 5.73 Å². The lowest BCUT2D eigenvalue weighted by Gasteiger charge is -2.05. The number of carbonyl (C=O) groups excluding carboxylic acids is 1. The topological polar surface area (TPSA) is 76.0 Å². The van der Waals surface area contributed by atoms with Crippen molar-refractivity contribution in [1.29, 1.82) is 0 Å². The molecule has 2 aromatic carbocycles. The monoisotopic (exact) mass is 312 g/mol. The summed E-state index contributed by atoms with van der Waals surface area (Å²) < 4.78 is 12.1. The Balaban J connectivity index is 2.09. The summed E-state index contributed by atoms with van der Waals surface area (Å²) in [6.07, 6.45) is 0. The first-order valence-electron chi connectivity index (χ1n) is 6.93. The van der Waals surface area contributed by atoms with E-state index in [1.54, 1.807) is 0 Å². The van der Waals surface area contributed by atoms with Crippen molar-refractivity contribution < 1.29 is 9.00 Å². The summed E-state index contributed by atoms with van der Waals surface area (Å²) in [6, 6.07) is 17.9. The zero-order valence-corrected chi connectivity index (χ0v) is 12.7. The Morgan fingerprint density at radius 2 is 1.73 bits per heavy atom. The van der Waals surface area contributed by atoms with Gasteiger partial charge in [-0.25, -0.2) is 0 Å². The van der Waals surface area contributed by atoms with Crippen LogP contribution in [0.5, 0.6) is 0 Å². The number of amides is 1. The number of rotatable bonds is 5. The average Bonchev–Trinajstić information content (AvgIpc) is 2.84. The summed E-state index contributed by atoms with van der Waals surface area (Å²) in [7, 11) is -1.32. The molecule has 22 heavy (non-hydrogen) atoms. The summed E-state index contributed by atoms with van der Waals surface area (Å²) in [4.78, 5) is 14.3. The van der Waals surface area contributed by atoms with Crippen molar-refractivity contribution in [2.45, 2.75) is 5.75 Å². The fraction of sp³-hybridized carbons (Fsp3) is 0.118. The second kappa shape index (κ2) is 6.15. The van der Waals surface area contributed by atoms with Crippen LogP contribution in [0.4, 0.5) is 0 Å². The van der Waals surface area contributed by atoms with Crippen LogP contribution in [-0.2, 0) is 21.3 Å². The quantitative estimate of drug-likeness (QED) is 0.759. The fourth-order valence-electron chi connectivity index (χ4n) is 2.61. The van der Waals surface area contributed by atoms with Gasteiger partial charge in [-0.15, -0.1) is 0 Å². The smallest absolute Gasteiger partial charge is 0.230 e. The zero-order valence-electron chi connectivity index (χ0n) is 11.9. The molecule has 1 amide bonds. The molecule has 112 valence electrons. The van der Waals surface area contributed by atoms with E-state index in [2.05, 4.69) is 4.98 Å². The first kappa shape index (κ1) is 14.5. The molecule has 5 heteroatoms. The lowest BCUT2D eigenvalue weighted by atomic mass is 10.0. The SMILES string of the molecule is NC(=O)CS(=O)Cc1[nH]c2ccccc2c1-c1ccccc1. The third-order valence-electron chi connectivity index (χ3n) is 3.45. The van der Waals surface area contributed by atoms with Gasteiger partial charge in [-0.05, 0) is 11.6 Å². The Morgan fingerprint density at radius 1 is 1.05 bits per heavy atom. The highest BCUT2D eigenvalue weighted by atomic mass is 32.2. The number of aromatic nitrogens is 1. The molecular weight excluding hydrogens is 296 g/mol. The van der Waals surface area contributed by atoms with E-state index in [0.29, 0.717) is 0 Å². The lowest BCUT2D eigenvalue weighted by Crippen LogP contribution is -2.20. The summed E-state index contributed by atoms with van der Waals surface area (Å²) in [6.45, 7) is 0. The third-order valence-corrected chi connectivity index (χ3v) is 4.67. The molecule has 0 aliphatic rings. The van der Waals surface area contributed by atoms with Crippen LogP contribution in [-0.4, -0.2) is 20.9 Å². The van der Waals surface area contributed by atoms with Crippen LogP contribution < -0.4 is 5.73 Å². The number of nitrogens with one attached hydrogen (secondary N) is 1. The van der Waals surface area contributed by atoms with Crippen LogP contribution in [0.15, 0.2) is 54.6 Å². The zero-order chi connectivity index (χ0) is 15.5. The number of hydrogen-bond donors (Lipinski definition) is 2. The van der Waals surface area contributed by atoms with Crippen LogP contribution in [0.3, 0.4) is 0 Å². The van der Waals surface area contributed by atoms with Gasteiger partial charge in [0.25, 0.3) is 0 Å². The highest BCUT2D eigenvalue weighted by molar-refractivity contribution is 7.84. The average molecular weight is 312 g/mol. The van der Waals surface area contributed by atoms with Gasteiger partial charge in [0, 0.05) is 33.0 Å². The van der Waals surface area contributed by atoms with Gasteiger partial charge in [-0.2, -0.15) is 0 Å². The van der Waals surface area contributed by atoms with Gasteiger partial charge in [0.2, 0.25) is 5.91 Å². The molecule has 0 bridgehead atoms. The van der Waals surface area contributed by atoms with Gasteiger partial charge >= 0.3 is 0 Å². The van der Waals surface area contributed by atoms with Gasteiger partial charge in [-0.1, -0.05) is 48.5 Å². The maximum absolute atomic E-state index is 12.1. The predicted molar refractivity (Wildman–Crippen MR) is 89.6 cm³/mol. The summed E-state index contributed by atoms with van der Waals surface area (Å²) >= 11 is 0. The molecule has 0 aliphatic carbocycles. The Kier molecular flexibility index (Phi) is 4.06. The van der Waals surface area contributed by atoms with E-state index in [1.165, 1.54) is 0 Å². The highest BCUT2D eigenvalue weighted by Gasteiger charge is 2.15. The fourth-order valence-corrected chi connectivity index (χ4v) is 3.57. The second-order valence-electron chi connectivity index (χ2n) is 5.08. The van der Waals surface area contributed by atoms with Gasteiger partial charge < -0.3 is 10.7 Å². The number of nitrogens with two attached hydrogens (primary N) is 1. The molecule has 1 heterocycles. The van der Waals surface area contributed by atoms with Gasteiger partial charge in [-0.3, -0.25) is 9.00 Å². The Bertz CT molecular complexity index is 840. The molecule has 3 N–H and O–H groups in total. The second-order valence-corrected chi connectivity index (χ2v) is 6.54. The lowest BCUT2D eigenvalue weighted by molar-refractivity contribution is -0.115. The van der Waals surface area contributed by atoms with Crippen molar-refractivity contribution in [3.8, 4) is 11.1 Å². The number of primary amides is 1. The first-order chi connectivity index (χ1) is 10.6. The van der Waals surface area contributed by atoms with Gasteiger partial charge in [0.15, 0.2) is 0 Å². The number of benzene rings is 2. The van der Waals surface area contributed by atoms with Crippen molar-refractivity contribution >= 4 is 27.6 Å². The van der Waals surface area contributed by atoms with E-state index < -0.39 is 16.7 Å². The minimum Gasteiger partial charge on any atom is -0.369 e. The normalized spacial score (nSPS) is 12.4. The number of carbonyl (C=O) groups is 1. The van der Waals surface area contributed by atoms with E-state index in [1.807, 2.05) is 54.6 Å². The Hall–Kier alpha value is -2.40. The van der Waals surface area contributed by atoms with E-state index in [9.17, 15) is 9.00 Å². The van der Waals surface area contributed by atoms with Crippen LogP contribution >= 0.6 is 0 Å². The van der Waals surface area contributed by atoms with Crippen LogP contribution in [0.1, 0.15) is 5.69 Å². The van der Waals surface area contributed by atoms with Crippen molar-refractivity contribution in [3.05, 3.63) is 60.3 Å². The highest BCUT2D eigenvalue weighted by Crippen LogP contribution is 2.32.